The zero-order valence-electron chi connectivity index (χ0n) is 12.4. The first-order valence-electron chi connectivity index (χ1n) is 6.55. The molecule has 0 aliphatic carbocycles. The van der Waals surface area contributed by atoms with Crippen LogP contribution in [0.25, 0.3) is 0 Å². The van der Waals surface area contributed by atoms with Crippen LogP contribution in [-0.2, 0) is 13.6 Å². The van der Waals surface area contributed by atoms with Gasteiger partial charge in [-0.1, -0.05) is 26.0 Å². The lowest BCUT2D eigenvalue weighted by molar-refractivity contribution is 0.0574. The Kier molecular flexibility index (Phi) is 4.33. The first kappa shape index (κ1) is 15.9. The van der Waals surface area contributed by atoms with E-state index in [-0.39, 0.29) is 5.92 Å². The van der Waals surface area contributed by atoms with Crippen molar-refractivity contribution in [3.63, 3.8) is 0 Å². The van der Waals surface area contributed by atoms with Crippen LogP contribution in [0.4, 0.5) is 0 Å². The Morgan fingerprint density at radius 3 is 1.76 bits per heavy atom. The molecule has 0 aromatic heterocycles. The Labute approximate surface area is 123 Å². The third kappa shape index (κ3) is 2.44. The van der Waals surface area contributed by atoms with Crippen molar-refractivity contribution in [3.8, 4) is 0 Å². The number of benzene rings is 1. The van der Waals surface area contributed by atoms with E-state index in [1.165, 1.54) is 14.2 Å². The highest BCUT2D eigenvalue weighted by atomic mass is 31.2. The lowest BCUT2D eigenvalue weighted by atomic mass is 10.1. The lowest BCUT2D eigenvalue weighted by Gasteiger charge is -2.33. The van der Waals surface area contributed by atoms with E-state index >= 15 is 0 Å². The Morgan fingerprint density at radius 1 is 1.00 bits per heavy atom. The van der Waals surface area contributed by atoms with Crippen LogP contribution in [0.15, 0.2) is 24.3 Å². The van der Waals surface area contributed by atoms with E-state index in [9.17, 15) is 14.2 Å². The molecule has 0 radical (unpaired) electrons. The predicted octanol–water partition coefficient (Wildman–Crippen LogP) is 2.75. The van der Waals surface area contributed by atoms with E-state index in [2.05, 4.69) is 0 Å². The molecule has 0 bridgehead atoms. The maximum absolute atomic E-state index is 12.7. The minimum atomic E-state index is -3.62. The fraction of sp³-hybridized carbons (Fsp3) is 0.429. The molecule has 0 fully saturated rings. The second-order valence-corrected chi connectivity index (χ2v) is 7.43. The van der Waals surface area contributed by atoms with E-state index < -0.39 is 25.2 Å². The molecule has 1 aromatic carbocycles. The van der Waals surface area contributed by atoms with Gasteiger partial charge in [0.1, 0.15) is 5.78 Å². The molecule has 0 saturated heterocycles. The number of hydrogen-bond donors (Lipinski definition) is 0. The van der Waals surface area contributed by atoms with Gasteiger partial charge >= 0.3 is 7.60 Å². The van der Waals surface area contributed by atoms with Crippen LogP contribution >= 0.6 is 7.60 Å². The highest BCUT2D eigenvalue weighted by Crippen LogP contribution is 2.56. The predicted molar refractivity (Wildman–Crippen MR) is 77.2 cm³/mol. The topological polar surface area (TPSA) is 72.9 Å². The molecule has 0 N–H and O–H groups in total. The third-order valence-corrected chi connectivity index (χ3v) is 6.01. The summed E-state index contributed by atoms with van der Waals surface area (Å²) in [6.45, 7) is 3.53. The third-order valence-electron chi connectivity index (χ3n) is 3.52. The van der Waals surface area contributed by atoms with Gasteiger partial charge in [0.05, 0.1) is 11.1 Å². The van der Waals surface area contributed by atoms with Crippen molar-refractivity contribution < 1.29 is 23.2 Å². The van der Waals surface area contributed by atoms with E-state index in [0.29, 0.717) is 11.1 Å². The zero-order valence-corrected chi connectivity index (χ0v) is 13.3. The maximum Gasteiger partial charge on any atom is 0.353 e. The van der Waals surface area contributed by atoms with Crippen molar-refractivity contribution >= 4 is 19.4 Å². The van der Waals surface area contributed by atoms with Crippen molar-refractivity contribution in [2.75, 3.05) is 14.2 Å². The number of carbonyl (C=O) groups is 2. The number of rotatable bonds is 5. The van der Waals surface area contributed by atoms with Gasteiger partial charge in [-0.2, -0.15) is 0 Å². The summed E-state index contributed by atoms with van der Waals surface area (Å²) in [5.41, 5.74) is 0.624. The molecular weight excluding hydrogens is 293 g/mol. The van der Waals surface area contributed by atoms with Crippen molar-refractivity contribution in [2.45, 2.75) is 19.6 Å². The van der Waals surface area contributed by atoms with Crippen LogP contribution in [0.1, 0.15) is 34.6 Å². The normalized spacial score (nSPS) is 16.5. The van der Waals surface area contributed by atoms with Crippen molar-refractivity contribution in [2.24, 2.45) is 5.92 Å². The molecule has 1 atom stereocenters. The summed E-state index contributed by atoms with van der Waals surface area (Å²) >= 11 is 0. The van der Waals surface area contributed by atoms with Gasteiger partial charge < -0.3 is 9.05 Å². The summed E-state index contributed by atoms with van der Waals surface area (Å²) in [6, 6.07) is 6.53. The Bertz CT molecular complexity index is 585. The number of carbonyl (C=O) groups excluding carboxylic acids is 2. The Hall–Kier alpha value is -1.49. The average Bonchev–Trinajstić information content (AvgIpc) is 2.72. The first-order chi connectivity index (χ1) is 9.87. The SMILES string of the molecule is COP(=O)(OC)C(C(C)C)N1C(=O)c2ccccc2C1=O. The maximum atomic E-state index is 12.7. The molecule has 1 aliphatic heterocycles. The standard InChI is InChI=1S/C14H18NO5P/c1-9(2)14(21(18,19-3)20-4)15-12(16)10-7-5-6-8-11(10)13(15)17/h5-9,14H,1-4H3. The van der Waals surface area contributed by atoms with Gasteiger partial charge in [-0.05, 0) is 18.1 Å². The fourth-order valence-electron chi connectivity index (χ4n) is 2.54. The van der Waals surface area contributed by atoms with Crippen molar-refractivity contribution in [1.29, 1.82) is 0 Å². The van der Waals surface area contributed by atoms with Gasteiger partial charge in [0.2, 0.25) is 0 Å². The largest absolute Gasteiger partial charge is 0.353 e. The van der Waals surface area contributed by atoms with Crippen LogP contribution in [0.5, 0.6) is 0 Å². The summed E-state index contributed by atoms with van der Waals surface area (Å²) in [6.07, 6.45) is 0. The molecule has 7 heteroatoms. The molecular formula is C14H18NO5P. The van der Waals surface area contributed by atoms with Crippen molar-refractivity contribution in [1.82, 2.24) is 4.90 Å². The minimum Gasteiger partial charge on any atom is -0.310 e. The van der Waals surface area contributed by atoms with E-state index in [1.54, 1.807) is 38.1 Å². The smallest absolute Gasteiger partial charge is 0.310 e. The van der Waals surface area contributed by atoms with Crippen LogP contribution in [0.3, 0.4) is 0 Å². The van der Waals surface area contributed by atoms with Crippen LogP contribution in [0, 0.1) is 5.92 Å². The molecule has 114 valence electrons. The van der Waals surface area contributed by atoms with Crippen molar-refractivity contribution in [3.05, 3.63) is 35.4 Å². The number of nitrogens with zero attached hydrogens (tertiary/aromatic N) is 1. The van der Waals surface area contributed by atoms with Crippen LogP contribution < -0.4 is 0 Å². The van der Waals surface area contributed by atoms with E-state index in [4.69, 9.17) is 9.05 Å². The second-order valence-electron chi connectivity index (χ2n) is 5.09. The van der Waals surface area contributed by atoms with Crippen LogP contribution in [-0.4, -0.2) is 36.7 Å². The number of amides is 2. The van der Waals surface area contributed by atoms with Gasteiger partial charge in [-0.3, -0.25) is 19.1 Å². The van der Waals surface area contributed by atoms with Gasteiger partial charge in [-0.25, -0.2) is 0 Å². The molecule has 2 amide bonds. The summed E-state index contributed by atoms with van der Waals surface area (Å²) in [5.74, 6) is -2.18. The zero-order chi connectivity index (χ0) is 15.8. The molecule has 6 nitrogen and oxygen atoms in total. The highest BCUT2D eigenvalue weighted by Gasteiger charge is 2.49. The molecule has 1 unspecified atom stereocenters. The van der Waals surface area contributed by atoms with Gasteiger partial charge in [0.25, 0.3) is 11.8 Å². The summed E-state index contributed by atoms with van der Waals surface area (Å²) < 4.78 is 22.7. The number of hydrogen-bond acceptors (Lipinski definition) is 5. The summed E-state index contributed by atoms with van der Waals surface area (Å²) in [5, 5.41) is 0. The second kappa shape index (κ2) is 5.72. The molecule has 1 aliphatic rings. The molecule has 1 heterocycles. The fourth-order valence-corrected chi connectivity index (χ4v) is 4.35. The van der Waals surface area contributed by atoms with Gasteiger partial charge in [0.15, 0.2) is 0 Å². The molecule has 0 saturated carbocycles. The first-order valence-corrected chi connectivity index (χ1v) is 8.16. The van der Waals surface area contributed by atoms with E-state index in [1.807, 2.05) is 0 Å². The molecule has 1 aromatic rings. The van der Waals surface area contributed by atoms with E-state index in [0.717, 1.165) is 4.90 Å². The number of imide groups is 1. The minimum absolute atomic E-state index is 0.280. The van der Waals surface area contributed by atoms with Crippen LogP contribution in [0.2, 0.25) is 0 Å². The quantitative estimate of drug-likeness (QED) is 0.617. The molecule has 2 rings (SSSR count). The Balaban J connectivity index is 2.52. The monoisotopic (exact) mass is 311 g/mol. The highest BCUT2D eigenvalue weighted by molar-refractivity contribution is 7.54. The summed E-state index contributed by atoms with van der Waals surface area (Å²) in [4.78, 5) is 26.0. The average molecular weight is 311 g/mol. The van der Waals surface area contributed by atoms with Gasteiger partial charge in [0, 0.05) is 14.2 Å². The molecule has 0 spiro atoms. The Morgan fingerprint density at radius 2 is 1.43 bits per heavy atom. The summed E-state index contributed by atoms with van der Waals surface area (Å²) in [7, 11) is -1.12. The number of fused-ring (bicyclic) bond motifs is 1. The molecule has 21 heavy (non-hydrogen) atoms. The lowest BCUT2D eigenvalue weighted by Crippen LogP contribution is -2.43. The van der Waals surface area contributed by atoms with Gasteiger partial charge in [-0.15, -0.1) is 0 Å².